The van der Waals surface area contributed by atoms with Gasteiger partial charge in [0.25, 0.3) is 10.0 Å². The molecule has 12 heteroatoms. The molecule has 0 bridgehead atoms. The highest BCUT2D eigenvalue weighted by atomic mass is 35.5. The maximum atomic E-state index is 12.5. The van der Waals surface area contributed by atoms with Crippen LogP contribution in [0.5, 0.6) is 0 Å². The lowest BCUT2D eigenvalue weighted by atomic mass is 10.2. The minimum absolute atomic E-state index is 0.0147. The molecule has 1 saturated heterocycles. The molecule has 2 N–H and O–H groups in total. The Morgan fingerprint density at radius 1 is 0.939 bits per heavy atom. The number of nitrogens with one attached hydrogen (secondary N) is 2. The molecule has 1 aliphatic rings. The summed E-state index contributed by atoms with van der Waals surface area (Å²) in [7, 11) is -3.79. The average molecular weight is 523 g/mol. The first-order chi connectivity index (χ1) is 15.8. The number of hydrogen-bond donors (Lipinski definition) is 2. The van der Waals surface area contributed by atoms with Crippen LogP contribution >= 0.6 is 35.4 Å². The Morgan fingerprint density at radius 3 is 2.24 bits per heavy atom. The Bertz CT molecular complexity index is 1240. The number of nitrogens with zero attached hydrogens (tertiary/aromatic N) is 4. The van der Waals surface area contributed by atoms with Crippen molar-refractivity contribution in [3.63, 3.8) is 0 Å². The molecule has 0 unspecified atom stereocenters. The summed E-state index contributed by atoms with van der Waals surface area (Å²) >= 11 is 17.7. The fourth-order valence-electron chi connectivity index (χ4n) is 3.30. The van der Waals surface area contributed by atoms with Crippen LogP contribution in [0.1, 0.15) is 0 Å². The number of halogens is 2. The van der Waals surface area contributed by atoms with Crippen LogP contribution in [-0.2, 0) is 10.0 Å². The molecule has 8 nitrogen and oxygen atoms in total. The second kappa shape index (κ2) is 10.1. The van der Waals surface area contributed by atoms with Crippen LogP contribution in [0.3, 0.4) is 0 Å². The van der Waals surface area contributed by atoms with E-state index < -0.39 is 10.0 Å². The number of hydrogen-bond acceptors (Lipinski definition) is 6. The summed E-state index contributed by atoms with van der Waals surface area (Å²) in [6, 6.07) is 13.5. The predicted octanol–water partition coefficient (Wildman–Crippen LogP) is 4.10. The van der Waals surface area contributed by atoms with E-state index in [9.17, 15) is 8.42 Å². The van der Waals surface area contributed by atoms with E-state index >= 15 is 0 Å². The third-order valence-electron chi connectivity index (χ3n) is 5.04. The standard InChI is InChI=1S/C21H20Cl2N6O2S2/c22-18-7-4-16(14-19(18)23)28-10-12-29(13-11-28)21(32)26-15-2-5-17(6-3-15)33(30,31)27-20-24-8-1-9-25-20/h1-9,14H,10-13H2,(H,26,32)(H,24,25,27). The first-order valence-electron chi connectivity index (χ1n) is 9.98. The fourth-order valence-corrected chi connectivity index (χ4v) is 4.85. The molecule has 0 amide bonds. The minimum Gasteiger partial charge on any atom is -0.368 e. The van der Waals surface area contributed by atoms with Crippen LogP contribution in [0.15, 0.2) is 65.8 Å². The van der Waals surface area contributed by atoms with Crippen LogP contribution in [0, 0.1) is 0 Å². The second-order valence-electron chi connectivity index (χ2n) is 7.20. The van der Waals surface area contributed by atoms with Crippen molar-refractivity contribution in [3.05, 3.63) is 71.0 Å². The van der Waals surface area contributed by atoms with Gasteiger partial charge in [0.1, 0.15) is 0 Å². The van der Waals surface area contributed by atoms with E-state index in [-0.39, 0.29) is 10.8 Å². The number of anilines is 3. The molecule has 2 heterocycles. The summed E-state index contributed by atoms with van der Waals surface area (Å²) in [5.41, 5.74) is 1.72. The first-order valence-corrected chi connectivity index (χ1v) is 12.6. The highest BCUT2D eigenvalue weighted by Gasteiger charge is 2.20. The van der Waals surface area contributed by atoms with Crippen LogP contribution in [-0.4, -0.2) is 54.6 Å². The molecule has 0 saturated carbocycles. The van der Waals surface area contributed by atoms with Gasteiger partial charge in [-0.15, -0.1) is 0 Å². The van der Waals surface area contributed by atoms with Gasteiger partial charge in [-0.2, -0.15) is 0 Å². The summed E-state index contributed by atoms with van der Waals surface area (Å²) in [5, 5.41) is 4.82. The molecule has 3 aromatic rings. The Morgan fingerprint density at radius 2 is 1.61 bits per heavy atom. The Balaban J connectivity index is 1.33. The van der Waals surface area contributed by atoms with Gasteiger partial charge in [-0.05, 0) is 60.7 Å². The van der Waals surface area contributed by atoms with Crippen molar-refractivity contribution >= 4 is 67.9 Å². The van der Waals surface area contributed by atoms with Crippen molar-refractivity contribution in [2.75, 3.05) is 41.1 Å². The summed E-state index contributed by atoms with van der Waals surface area (Å²) in [6.45, 7) is 3.04. The van der Waals surface area contributed by atoms with Gasteiger partial charge >= 0.3 is 0 Å². The van der Waals surface area contributed by atoms with Gasteiger partial charge in [-0.25, -0.2) is 23.1 Å². The maximum absolute atomic E-state index is 12.5. The minimum atomic E-state index is -3.79. The number of aromatic nitrogens is 2. The van der Waals surface area contributed by atoms with Crippen LogP contribution in [0.2, 0.25) is 10.0 Å². The molecule has 0 radical (unpaired) electrons. The first kappa shape index (κ1) is 23.5. The molecule has 1 fully saturated rings. The second-order valence-corrected chi connectivity index (χ2v) is 10.1. The van der Waals surface area contributed by atoms with Crippen molar-refractivity contribution < 1.29 is 8.42 Å². The normalized spacial score (nSPS) is 14.1. The zero-order valence-corrected chi connectivity index (χ0v) is 20.4. The van der Waals surface area contributed by atoms with E-state index in [0.29, 0.717) is 20.8 Å². The van der Waals surface area contributed by atoms with Crippen molar-refractivity contribution in [2.45, 2.75) is 4.90 Å². The van der Waals surface area contributed by atoms with E-state index in [4.69, 9.17) is 35.4 Å². The van der Waals surface area contributed by atoms with E-state index in [0.717, 1.165) is 31.9 Å². The largest absolute Gasteiger partial charge is 0.368 e. The Kier molecular flexibility index (Phi) is 7.18. The molecule has 0 spiro atoms. The number of piperazine rings is 1. The highest BCUT2D eigenvalue weighted by molar-refractivity contribution is 7.92. The van der Waals surface area contributed by atoms with Crippen LogP contribution in [0.4, 0.5) is 17.3 Å². The topological polar surface area (TPSA) is 90.5 Å². The number of thiocarbonyl (C=S) groups is 1. The third-order valence-corrected chi connectivity index (χ3v) is 7.49. The summed E-state index contributed by atoms with van der Waals surface area (Å²) in [4.78, 5) is 12.2. The van der Waals surface area contributed by atoms with Gasteiger partial charge in [0.15, 0.2) is 5.11 Å². The molecule has 0 atom stereocenters. The monoisotopic (exact) mass is 522 g/mol. The molecule has 1 aliphatic heterocycles. The zero-order valence-electron chi connectivity index (χ0n) is 17.3. The quantitative estimate of drug-likeness (QED) is 0.484. The average Bonchev–Trinajstić information content (AvgIpc) is 2.82. The highest BCUT2D eigenvalue weighted by Crippen LogP contribution is 2.28. The van der Waals surface area contributed by atoms with E-state index in [1.165, 1.54) is 24.5 Å². The Hall–Kier alpha value is -2.66. The smallest absolute Gasteiger partial charge is 0.264 e. The summed E-state index contributed by atoms with van der Waals surface area (Å²) in [5.74, 6) is 0.0147. The molecule has 172 valence electrons. The van der Waals surface area contributed by atoms with Gasteiger partial charge < -0.3 is 15.1 Å². The van der Waals surface area contributed by atoms with Crippen molar-refractivity contribution in [2.24, 2.45) is 0 Å². The van der Waals surface area contributed by atoms with Crippen molar-refractivity contribution in [1.82, 2.24) is 14.9 Å². The van der Waals surface area contributed by atoms with Crippen molar-refractivity contribution in [1.29, 1.82) is 0 Å². The van der Waals surface area contributed by atoms with Gasteiger partial charge in [-0.3, -0.25) is 0 Å². The lowest BCUT2D eigenvalue weighted by molar-refractivity contribution is 0.391. The molecular formula is C21H20Cl2N6O2S2. The van der Waals surface area contributed by atoms with Crippen molar-refractivity contribution in [3.8, 4) is 0 Å². The lowest BCUT2D eigenvalue weighted by Crippen LogP contribution is -2.50. The van der Waals surface area contributed by atoms with E-state index in [1.54, 1.807) is 24.3 Å². The van der Waals surface area contributed by atoms with E-state index in [2.05, 4.69) is 29.8 Å². The summed E-state index contributed by atoms with van der Waals surface area (Å²) < 4.78 is 27.4. The Labute approximate surface area is 207 Å². The SMILES string of the molecule is O=S(=O)(Nc1ncccn1)c1ccc(NC(=S)N2CCN(c3ccc(Cl)c(Cl)c3)CC2)cc1. The van der Waals surface area contributed by atoms with Gasteiger partial charge in [0.05, 0.1) is 14.9 Å². The molecule has 4 rings (SSSR count). The number of sulfonamides is 1. The van der Waals surface area contributed by atoms with Gasteiger partial charge in [-0.1, -0.05) is 23.2 Å². The molecule has 0 aliphatic carbocycles. The van der Waals surface area contributed by atoms with E-state index in [1.807, 2.05) is 12.1 Å². The number of rotatable bonds is 5. The number of benzene rings is 2. The third kappa shape index (κ3) is 5.83. The molecule has 33 heavy (non-hydrogen) atoms. The van der Waals surface area contributed by atoms with Gasteiger partial charge in [0, 0.05) is 49.9 Å². The molecule has 2 aromatic carbocycles. The maximum Gasteiger partial charge on any atom is 0.264 e. The zero-order chi connectivity index (χ0) is 23.4. The fraction of sp³-hybridized carbons (Fsp3) is 0.190. The van der Waals surface area contributed by atoms with Crippen LogP contribution < -0.4 is 14.9 Å². The molecule has 1 aromatic heterocycles. The van der Waals surface area contributed by atoms with Gasteiger partial charge in [0.2, 0.25) is 5.95 Å². The summed E-state index contributed by atoms with van der Waals surface area (Å²) in [6.07, 6.45) is 2.92. The lowest BCUT2D eigenvalue weighted by Gasteiger charge is -2.37. The van der Waals surface area contributed by atoms with Crippen LogP contribution in [0.25, 0.3) is 0 Å². The predicted molar refractivity (Wildman–Crippen MR) is 136 cm³/mol. The molecular weight excluding hydrogens is 503 g/mol.